The van der Waals surface area contributed by atoms with Crippen LogP contribution in [0, 0.1) is 0 Å². The van der Waals surface area contributed by atoms with E-state index in [4.69, 9.17) is 0 Å². The highest BCUT2D eigenvalue weighted by atomic mass is 32.2. The fourth-order valence-electron chi connectivity index (χ4n) is 1.90. The van der Waals surface area contributed by atoms with Crippen LogP contribution in [0.3, 0.4) is 0 Å². The number of anilines is 1. The van der Waals surface area contributed by atoms with Gasteiger partial charge in [-0.2, -0.15) is 5.10 Å². The number of benzene rings is 1. The lowest BCUT2D eigenvalue weighted by Gasteiger charge is -2.04. The number of nitrogens with one attached hydrogen (secondary N) is 1. The summed E-state index contributed by atoms with van der Waals surface area (Å²) >= 11 is 1.29. The summed E-state index contributed by atoms with van der Waals surface area (Å²) in [6, 6.07) is 7.62. The van der Waals surface area contributed by atoms with E-state index in [-0.39, 0.29) is 11.0 Å². The number of aryl methyl sites for hydroxylation is 1. The first-order chi connectivity index (χ1) is 10.0. The molecule has 6 heteroatoms. The molecular weight excluding hydrogens is 286 g/mol. The van der Waals surface area contributed by atoms with Gasteiger partial charge in [0.15, 0.2) is 5.12 Å². The molecular formula is C15H17N3O2S. The van der Waals surface area contributed by atoms with E-state index in [1.807, 2.05) is 35.1 Å². The van der Waals surface area contributed by atoms with Gasteiger partial charge in [-0.1, -0.05) is 23.9 Å². The van der Waals surface area contributed by atoms with Crippen molar-refractivity contribution in [1.82, 2.24) is 9.78 Å². The predicted molar refractivity (Wildman–Crippen MR) is 85.1 cm³/mol. The first-order valence-electron chi connectivity index (χ1n) is 6.58. The molecule has 1 amide bonds. The second kappa shape index (κ2) is 7.08. The quantitative estimate of drug-likeness (QED) is 0.922. The van der Waals surface area contributed by atoms with Crippen LogP contribution in [0.4, 0.5) is 5.69 Å². The minimum Gasteiger partial charge on any atom is -0.326 e. The van der Waals surface area contributed by atoms with Crippen LogP contribution < -0.4 is 5.32 Å². The van der Waals surface area contributed by atoms with Crippen LogP contribution >= 0.6 is 11.8 Å². The molecule has 0 fully saturated rings. The van der Waals surface area contributed by atoms with Gasteiger partial charge in [-0.25, -0.2) is 0 Å². The highest BCUT2D eigenvalue weighted by Gasteiger charge is 2.04. The summed E-state index contributed by atoms with van der Waals surface area (Å²) in [4.78, 5) is 22.0. The number of nitrogens with zero attached hydrogens (tertiary/aromatic N) is 2. The second-order valence-corrected chi connectivity index (χ2v) is 5.87. The summed E-state index contributed by atoms with van der Waals surface area (Å²) in [5.41, 5.74) is 2.74. The zero-order valence-electron chi connectivity index (χ0n) is 12.0. The normalized spacial score (nSPS) is 10.4. The average Bonchev–Trinajstić information content (AvgIpc) is 2.86. The Bertz CT molecular complexity index is 652. The van der Waals surface area contributed by atoms with Crippen molar-refractivity contribution in [2.24, 2.45) is 0 Å². The average molecular weight is 303 g/mol. The Morgan fingerprint density at radius 3 is 2.81 bits per heavy atom. The number of rotatable bonds is 5. The molecule has 2 rings (SSSR count). The van der Waals surface area contributed by atoms with Gasteiger partial charge in [0, 0.05) is 37.0 Å². The number of hydrogen-bond acceptors (Lipinski definition) is 4. The van der Waals surface area contributed by atoms with E-state index in [0.717, 1.165) is 16.8 Å². The fraction of sp³-hybridized carbons (Fsp3) is 0.267. The van der Waals surface area contributed by atoms with Crippen molar-refractivity contribution in [3.05, 3.63) is 36.7 Å². The summed E-state index contributed by atoms with van der Waals surface area (Å²) in [5.74, 6) is 0.617. The molecule has 0 saturated carbocycles. The molecule has 110 valence electrons. The topological polar surface area (TPSA) is 64.0 Å². The standard InChI is InChI=1S/C15H17N3O2S/c1-11(19)17-15-5-3-4-13(8-15)14-9-16-18(10-14)6-7-21-12(2)20/h3-5,8-10H,6-7H2,1-2H3,(H,17,19). The molecule has 0 atom stereocenters. The van der Waals surface area contributed by atoms with Crippen LogP contribution in [0.15, 0.2) is 36.7 Å². The molecule has 2 aromatic rings. The third-order valence-corrected chi connectivity index (χ3v) is 3.57. The van der Waals surface area contributed by atoms with E-state index in [9.17, 15) is 9.59 Å². The molecule has 1 aromatic heterocycles. The largest absolute Gasteiger partial charge is 0.326 e. The Hall–Kier alpha value is -2.08. The molecule has 0 aliphatic rings. The summed E-state index contributed by atoms with van der Waals surface area (Å²) in [7, 11) is 0. The van der Waals surface area contributed by atoms with Gasteiger partial charge in [0.25, 0.3) is 0 Å². The first kappa shape index (κ1) is 15.3. The van der Waals surface area contributed by atoms with E-state index >= 15 is 0 Å². The summed E-state index contributed by atoms with van der Waals surface area (Å²) in [5, 5.41) is 7.16. The smallest absolute Gasteiger partial charge is 0.221 e. The minimum absolute atomic E-state index is 0.0934. The van der Waals surface area contributed by atoms with Crippen molar-refractivity contribution in [2.75, 3.05) is 11.1 Å². The van der Waals surface area contributed by atoms with Gasteiger partial charge < -0.3 is 5.32 Å². The SMILES string of the molecule is CC(=O)Nc1cccc(-c2cnn(CCSC(C)=O)c2)c1. The van der Waals surface area contributed by atoms with Gasteiger partial charge in [0.1, 0.15) is 0 Å². The van der Waals surface area contributed by atoms with Crippen LogP contribution in [0.25, 0.3) is 11.1 Å². The van der Waals surface area contributed by atoms with Crippen LogP contribution in [0.1, 0.15) is 13.8 Å². The molecule has 21 heavy (non-hydrogen) atoms. The van der Waals surface area contributed by atoms with Crippen LogP contribution in [0.5, 0.6) is 0 Å². The van der Waals surface area contributed by atoms with Gasteiger partial charge in [0.05, 0.1) is 12.7 Å². The Morgan fingerprint density at radius 1 is 1.29 bits per heavy atom. The summed E-state index contributed by atoms with van der Waals surface area (Å²) < 4.78 is 1.82. The highest BCUT2D eigenvalue weighted by molar-refractivity contribution is 8.13. The molecule has 0 aliphatic heterocycles. The maximum absolute atomic E-state index is 11.1. The number of aromatic nitrogens is 2. The van der Waals surface area contributed by atoms with Gasteiger partial charge in [-0.05, 0) is 17.7 Å². The number of thioether (sulfide) groups is 1. The zero-order valence-corrected chi connectivity index (χ0v) is 12.8. The molecule has 0 bridgehead atoms. The molecule has 0 aliphatic carbocycles. The second-order valence-electron chi connectivity index (χ2n) is 4.59. The molecule has 0 unspecified atom stereocenters. The highest BCUT2D eigenvalue weighted by Crippen LogP contribution is 2.22. The van der Waals surface area contributed by atoms with Crippen LogP contribution in [-0.2, 0) is 16.1 Å². The van der Waals surface area contributed by atoms with Gasteiger partial charge >= 0.3 is 0 Å². The predicted octanol–water partition coefficient (Wildman–Crippen LogP) is 2.79. The third-order valence-electron chi connectivity index (χ3n) is 2.78. The number of carbonyl (C=O) groups excluding carboxylic acids is 2. The minimum atomic E-state index is -0.0934. The lowest BCUT2D eigenvalue weighted by molar-refractivity contribution is -0.114. The molecule has 5 nitrogen and oxygen atoms in total. The molecule has 0 radical (unpaired) electrons. The Labute approximate surface area is 127 Å². The van der Waals surface area contributed by atoms with Gasteiger partial charge in [-0.3, -0.25) is 14.3 Å². The van der Waals surface area contributed by atoms with Gasteiger partial charge in [-0.15, -0.1) is 0 Å². The Kier molecular flexibility index (Phi) is 5.16. The number of amides is 1. The summed E-state index contributed by atoms with van der Waals surface area (Å²) in [6.07, 6.45) is 3.72. The van der Waals surface area contributed by atoms with Crippen molar-refractivity contribution in [2.45, 2.75) is 20.4 Å². The van der Waals surface area contributed by atoms with Gasteiger partial charge in [0.2, 0.25) is 5.91 Å². The van der Waals surface area contributed by atoms with E-state index in [1.165, 1.54) is 18.7 Å². The number of hydrogen-bond donors (Lipinski definition) is 1. The molecule has 0 spiro atoms. The summed E-state index contributed by atoms with van der Waals surface area (Å²) in [6.45, 7) is 3.74. The van der Waals surface area contributed by atoms with Crippen molar-refractivity contribution >= 4 is 28.5 Å². The molecule has 1 aromatic carbocycles. The fourth-order valence-corrected chi connectivity index (χ4v) is 2.46. The van der Waals surface area contributed by atoms with Crippen LogP contribution in [0.2, 0.25) is 0 Å². The van der Waals surface area contributed by atoms with E-state index in [0.29, 0.717) is 12.3 Å². The Balaban J connectivity index is 2.06. The monoisotopic (exact) mass is 303 g/mol. The maximum Gasteiger partial charge on any atom is 0.221 e. The molecule has 0 saturated heterocycles. The first-order valence-corrected chi connectivity index (χ1v) is 7.57. The lowest BCUT2D eigenvalue weighted by atomic mass is 10.1. The lowest BCUT2D eigenvalue weighted by Crippen LogP contribution is -2.05. The van der Waals surface area contributed by atoms with Crippen molar-refractivity contribution in [3.63, 3.8) is 0 Å². The van der Waals surface area contributed by atoms with Crippen molar-refractivity contribution < 1.29 is 9.59 Å². The van der Waals surface area contributed by atoms with E-state index < -0.39 is 0 Å². The van der Waals surface area contributed by atoms with Crippen molar-refractivity contribution in [1.29, 1.82) is 0 Å². The molecule has 1 N–H and O–H groups in total. The Morgan fingerprint density at radius 2 is 2.10 bits per heavy atom. The van der Waals surface area contributed by atoms with Crippen LogP contribution in [-0.4, -0.2) is 26.6 Å². The zero-order chi connectivity index (χ0) is 15.2. The van der Waals surface area contributed by atoms with E-state index in [1.54, 1.807) is 13.1 Å². The van der Waals surface area contributed by atoms with Crippen molar-refractivity contribution in [3.8, 4) is 11.1 Å². The van der Waals surface area contributed by atoms with E-state index in [2.05, 4.69) is 10.4 Å². The molecule has 1 heterocycles. The maximum atomic E-state index is 11.1. The third kappa shape index (κ3) is 4.75. The number of carbonyl (C=O) groups is 2.